The van der Waals surface area contributed by atoms with Crippen LogP contribution in [-0.4, -0.2) is 26.8 Å². The average molecular weight is 240 g/mol. The van der Waals surface area contributed by atoms with Crippen molar-refractivity contribution < 1.29 is 9.13 Å². The van der Waals surface area contributed by atoms with Gasteiger partial charge >= 0.3 is 0 Å². The van der Waals surface area contributed by atoms with E-state index < -0.39 is 0 Å². The molecule has 4 heteroatoms. The van der Waals surface area contributed by atoms with Crippen LogP contribution in [0.5, 0.6) is 0 Å². The summed E-state index contributed by atoms with van der Waals surface area (Å²) in [6.07, 6.45) is 0. The zero-order valence-electron chi connectivity index (χ0n) is 10.9. The Morgan fingerprint density at radius 2 is 2.06 bits per heavy atom. The second kappa shape index (κ2) is 5.98. The first-order chi connectivity index (χ1) is 7.97. The predicted octanol–water partition coefficient (Wildman–Crippen LogP) is 2.32. The molecule has 0 aliphatic heterocycles. The van der Waals surface area contributed by atoms with Crippen molar-refractivity contribution in [2.24, 2.45) is 5.73 Å². The lowest BCUT2D eigenvalue weighted by Gasteiger charge is -2.27. The topological polar surface area (TPSA) is 38.5 Å². The third kappa shape index (κ3) is 3.41. The molecule has 0 fully saturated rings. The third-order valence-corrected chi connectivity index (χ3v) is 2.95. The summed E-state index contributed by atoms with van der Waals surface area (Å²) in [7, 11) is 3.49. The van der Waals surface area contributed by atoms with Crippen LogP contribution in [0.25, 0.3) is 0 Å². The molecule has 1 aromatic carbocycles. The lowest BCUT2D eigenvalue weighted by atomic mass is 10.1. The van der Waals surface area contributed by atoms with E-state index in [1.54, 1.807) is 13.2 Å². The molecule has 0 spiro atoms. The summed E-state index contributed by atoms with van der Waals surface area (Å²) in [4.78, 5) is 1.86. The van der Waals surface area contributed by atoms with E-state index in [1.165, 1.54) is 6.07 Å². The molecule has 0 aromatic heterocycles. The van der Waals surface area contributed by atoms with Crippen molar-refractivity contribution in [1.29, 1.82) is 0 Å². The van der Waals surface area contributed by atoms with E-state index in [2.05, 4.69) is 0 Å². The maximum atomic E-state index is 13.9. The molecule has 0 heterocycles. The number of rotatable bonds is 5. The summed E-state index contributed by atoms with van der Waals surface area (Å²) < 4.78 is 19.0. The summed E-state index contributed by atoms with van der Waals surface area (Å²) in [5.41, 5.74) is 7.09. The quantitative estimate of drug-likeness (QED) is 0.858. The highest BCUT2D eigenvalue weighted by Gasteiger charge is 2.14. The van der Waals surface area contributed by atoms with Gasteiger partial charge in [0.15, 0.2) is 0 Å². The monoisotopic (exact) mass is 240 g/mol. The number of nitrogens with zero attached hydrogens (tertiary/aromatic N) is 1. The van der Waals surface area contributed by atoms with E-state index in [-0.39, 0.29) is 17.9 Å². The van der Waals surface area contributed by atoms with E-state index >= 15 is 0 Å². The normalized spacial score (nSPS) is 14.5. The minimum Gasteiger partial charge on any atom is -0.383 e. The summed E-state index contributed by atoms with van der Waals surface area (Å²) in [5.74, 6) is -0.245. The van der Waals surface area contributed by atoms with Crippen LogP contribution in [0.1, 0.15) is 25.5 Å². The Balaban J connectivity index is 2.91. The molecule has 2 unspecified atom stereocenters. The number of hydrogen-bond donors (Lipinski definition) is 1. The SMILES string of the molecule is COCC(C)N(C)c1ccc(C(C)N)cc1F. The molecule has 1 rings (SSSR count). The van der Waals surface area contributed by atoms with E-state index in [1.807, 2.05) is 31.9 Å². The molecule has 2 atom stereocenters. The van der Waals surface area contributed by atoms with Crippen LogP contribution >= 0.6 is 0 Å². The number of anilines is 1. The molecule has 96 valence electrons. The molecule has 0 saturated carbocycles. The van der Waals surface area contributed by atoms with Gasteiger partial charge in [-0.05, 0) is 31.5 Å². The minimum absolute atomic E-state index is 0.121. The van der Waals surface area contributed by atoms with Gasteiger partial charge in [0.05, 0.1) is 12.3 Å². The Kier molecular flexibility index (Phi) is 4.90. The van der Waals surface area contributed by atoms with Crippen LogP contribution in [0, 0.1) is 5.82 Å². The largest absolute Gasteiger partial charge is 0.383 e. The number of likely N-dealkylation sites (N-methyl/N-ethyl adjacent to an activating group) is 1. The maximum Gasteiger partial charge on any atom is 0.146 e. The van der Waals surface area contributed by atoms with Gasteiger partial charge in [-0.3, -0.25) is 0 Å². The Bertz CT molecular complexity index is 368. The number of methoxy groups -OCH3 is 1. The fraction of sp³-hybridized carbons (Fsp3) is 0.538. The van der Waals surface area contributed by atoms with Crippen LogP contribution in [0.4, 0.5) is 10.1 Å². The fourth-order valence-corrected chi connectivity index (χ4v) is 1.68. The highest BCUT2D eigenvalue weighted by atomic mass is 19.1. The third-order valence-electron chi connectivity index (χ3n) is 2.95. The number of hydrogen-bond acceptors (Lipinski definition) is 3. The zero-order chi connectivity index (χ0) is 13.0. The molecular formula is C13H21FN2O. The van der Waals surface area contributed by atoms with Crippen LogP contribution < -0.4 is 10.6 Å². The Labute approximate surface area is 102 Å². The van der Waals surface area contributed by atoms with Crippen molar-refractivity contribution in [2.75, 3.05) is 25.7 Å². The standard InChI is InChI=1S/C13H21FN2O/c1-9(8-17-4)16(3)13-6-5-11(10(2)15)7-12(13)14/h5-7,9-10H,8,15H2,1-4H3. The first kappa shape index (κ1) is 13.9. The molecular weight excluding hydrogens is 219 g/mol. The van der Waals surface area contributed by atoms with Crippen molar-refractivity contribution in [3.05, 3.63) is 29.6 Å². The van der Waals surface area contributed by atoms with E-state index in [4.69, 9.17) is 10.5 Å². The Morgan fingerprint density at radius 1 is 1.41 bits per heavy atom. The predicted molar refractivity (Wildman–Crippen MR) is 68.7 cm³/mol. The zero-order valence-corrected chi connectivity index (χ0v) is 10.9. The second-order valence-electron chi connectivity index (χ2n) is 4.41. The summed E-state index contributed by atoms with van der Waals surface area (Å²) in [6.45, 7) is 4.39. The molecule has 1 aromatic rings. The van der Waals surface area contributed by atoms with Crippen molar-refractivity contribution in [2.45, 2.75) is 25.9 Å². The second-order valence-corrected chi connectivity index (χ2v) is 4.41. The van der Waals surface area contributed by atoms with Crippen molar-refractivity contribution in [3.8, 4) is 0 Å². The highest BCUT2D eigenvalue weighted by Crippen LogP contribution is 2.23. The molecule has 0 aliphatic carbocycles. The van der Waals surface area contributed by atoms with Crippen LogP contribution in [0.15, 0.2) is 18.2 Å². The number of benzene rings is 1. The Morgan fingerprint density at radius 3 is 2.53 bits per heavy atom. The van der Waals surface area contributed by atoms with Gasteiger partial charge in [-0.15, -0.1) is 0 Å². The van der Waals surface area contributed by atoms with Gasteiger partial charge in [0.2, 0.25) is 0 Å². The average Bonchev–Trinajstić information content (AvgIpc) is 2.28. The van der Waals surface area contributed by atoms with Crippen molar-refractivity contribution in [1.82, 2.24) is 0 Å². The van der Waals surface area contributed by atoms with Gasteiger partial charge in [0.1, 0.15) is 5.82 Å². The smallest absolute Gasteiger partial charge is 0.146 e. The van der Waals surface area contributed by atoms with Crippen LogP contribution in [-0.2, 0) is 4.74 Å². The van der Waals surface area contributed by atoms with E-state index in [0.29, 0.717) is 12.3 Å². The molecule has 0 saturated heterocycles. The maximum absolute atomic E-state index is 13.9. The molecule has 2 N–H and O–H groups in total. The summed E-state index contributed by atoms with van der Waals surface area (Å²) >= 11 is 0. The number of ether oxygens (including phenoxy) is 1. The summed E-state index contributed by atoms with van der Waals surface area (Å²) in [5, 5.41) is 0. The minimum atomic E-state index is -0.245. The molecule has 3 nitrogen and oxygen atoms in total. The first-order valence-corrected chi connectivity index (χ1v) is 5.74. The van der Waals surface area contributed by atoms with Gasteiger partial charge in [-0.1, -0.05) is 6.07 Å². The van der Waals surface area contributed by atoms with E-state index in [9.17, 15) is 4.39 Å². The van der Waals surface area contributed by atoms with Gasteiger partial charge in [-0.2, -0.15) is 0 Å². The van der Waals surface area contributed by atoms with Crippen LogP contribution in [0.3, 0.4) is 0 Å². The van der Waals surface area contributed by atoms with Gasteiger partial charge in [-0.25, -0.2) is 4.39 Å². The molecule has 0 aliphatic rings. The van der Waals surface area contributed by atoms with Crippen molar-refractivity contribution >= 4 is 5.69 Å². The Hall–Kier alpha value is -1.13. The van der Waals surface area contributed by atoms with Gasteiger partial charge in [0, 0.05) is 26.2 Å². The van der Waals surface area contributed by atoms with Crippen molar-refractivity contribution in [3.63, 3.8) is 0 Å². The summed E-state index contributed by atoms with van der Waals surface area (Å²) in [6, 6.07) is 5.09. The lowest BCUT2D eigenvalue weighted by Crippen LogP contribution is -2.33. The molecule has 17 heavy (non-hydrogen) atoms. The first-order valence-electron chi connectivity index (χ1n) is 5.74. The molecule has 0 amide bonds. The molecule has 0 bridgehead atoms. The van der Waals surface area contributed by atoms with Gasteiger partial charge < -0.3 is 15.4 Å². The lowest BCUT2D eigenvalue weighted by molar-refractivity contribution is 0.183. The highest BCUT2D eigenvalue weighted by molar-refractivity contribution is 5.49. The van der Waals surface area contributed by atoms with Crippen LogP contribution in [0.2, 0.25) is 0 Å². The van der Waals surface area contributed by atoms with Gasteiger partial charge in [0.25, 0.3) is 0 Å². The number of nitrogens with two attached hydrogens (primary N) is 1. The number of halogens is 1. The van der Waals surface area contributed by atoms with E-state index in [0.717, 1.165) is 5.56 Å². The molecule has 0 radical (unpaired) electrons. The fourth-order valence-electron chi connectivity index (χ4n) is 1.68.